The Bertz CT molecular complexity index is 4720. The van der Waals surface area contributed by atoms with E-state index in [1.165, 1.54) is 68.4 Å². The third-order valence-electron chi connectivity index (χ3n) is 17.3. The number of rotatable bonds is 6. The largest absolute Gasteiger partial charge is 0.481 e. The Balaban J connectivity index is -0.000000321. The van der Waals surface area contributed by atoms with Crippen molar-refractivity contribution >= 4 is 153 Å². The van der Waals surface area contributed by atoms with E-state index in [0.29, 0.717) is 80.9 Å². The number of hydrogen-bond acceptors (Lipinski definition) is 18. The maximum absolute atomic E-state index is 13.9. The number of hydrazone groups is 1. The molecular weight excluding hydrogens is 1900 g/mol. The number of carboxylic acid groups (broad SMARTS) is 3. The second-order valence-corrected chi connectivity index (χ2v) is 34.5. The molecule has 10 rings (SSSR count). The summed E-state index contributed by atoms with van der Waals surface area (Å²) in [7, 11) is 0. The van der Waals surface area contributed by atoms with Crippen molar-refractivity contribution < 1.29 is 105 Å². The summed E-state index contributed by atoms with van der Waals surface area (Å²) >= 11 is 16.3. The standard InChI is InChI=1S/C15H20FN3O.C12H15BrFNO.C12H14FNO.C12H16FNO.C12H14FNS.C7H7BrFN.C7H8FN.C4H9NO2.C3H5ClO.2C2H4O2.3CH4.H4N2.Pd/c1-5-13(20)19-18-12-8-10-9(2)6-7-11(16)14(10)17-15(12,3)4;1-7-5-6-8(14)9(13)10(7)15-11(16)12(2,3)4;1-7-4-5-9(13)11-8(7)6-10(15)12(2,3)14-11;1-8-5-6-9(13)7-10(8)14-11(15)12(2,3)4;1-7-4-5-9(13)11-8(7)6-10(15)12(2,3)14-11;1-4-2-3-5(9)6(8)7(4)10;1-5-2-3-6(8)4-7(5)9;1-4(2,5)3(6)7;1-2-3(4)5;2*1-2(3)4;;;;1-2;/h6-7,17H,5,8H2,1-4H3,(H,19,20);5-6H,1-4H3,(H,15,16);4-5,14H,6H2,1-3H3;5-7H,1-4H3,(H,14,15);4-5,14H,6H2,1-3H3;2-3H,10H2,1H3;2-4H,9H2,1H3;5H2,1-2H3,(H,6,7);2H2,1H3;2*1H3,(H,3,4);3*1H4;1-2H2;/b18-12+;;;;;;;;;;;;;;;. The summed E-state index contributed by atoms with van der Waals surface area (Å²) in [6.45, 7) is 43.9. The minimum atomic E-state index is -1.08. The minimum absolute atomic E-state index is 0. The van der Waals surface area contributed by atoms with Gasteiger partial charge in [0.2, 0.25) is 23.0 Å². The van der Waals surface area contributed by atoms with Crippen molar-refractivity contribution in [2.24, 2.45) is 33.4 Å². The maximum atomic E-state index is 13.9. The Morgan fingerprint density at radius 2 is 0.833 bits per heavy atom. The molecule has 3 aliphatic heterocycles. The average Bonchev–Trinajstić information content (AvgIpc) is 0.785. The molecule has 7 aromatic rings. The fourth-order valence-electron chi connectivity index (χ4n) is 9.36. The van der Waals surface area contributed by atoms with Crippen molar-refractivity contribution in [1.82, 2.24) is 5.43 Å². The molecule has 0 saturated carbocycles. The van der Waals surface area contributed by atoms with E-state index in [9.17, 15) is 59.5 Å². The van der Waals surface area contributed by atoms with Crippen LogP contribution in [0.15, 0.2) is 111 Å². The fourth-order valence-corrected chi connectivity index (χ4v) is 10.5. The van der Waals surface area contributed by atoms with Crippen molar-refractivity contribution in [2.75, 3.05) is 38.1 Å². The van der Waals surface area contributed by atoms with Gasteiger partial charge in [-0.2, -0.15) is 5.10 Å². The van der Waals surface area contributed by atoms with E-state index in [1.807, 2.05) is 118 Å². The predicted octanol–water partition coefficient (Wildman–Crippen LogP) is 21.5. The number of ketones is 1. The molecule has 0 aliphatic carbocycles. The van der Waals surface area contributed by atoms with Crippen molar-refractivity contribution in [2.45, 2.75) is 250 Å². The number of hydrazine groups is 1. The number of Topliss-reactive ketones (excluding diaryl/α,β-unsaturated/α-hetero) is 1. The third-order valence-corrected chi connectivity index (χ3v) is 19.8. The maximum Gasteiger partial charge on any atom is 0.323 e. The van der Waals surface area contributed by atoms with Gasteiger partial charge >= 0.3 is 5.97 Å². The zero-order valence-corrected chi connectivity index (χ0v) is 80.5. The van der Waals surface area contributed by atoms with Crippen LogP contribution in [-0.4, -0.2) is 94.7 Å². The Morgan fingerprint density at radius 1 is 0.508 bits per heavy atom. The van der Waals surface area contributed by atoms with Crippen LogP contribution in [0.3, 0.4) is 0 Å². The molecule has 3 aliphatic rings. The number of hydrogen-bond donors (Lipinski definition) is 14. The Morgan fingerprint density at radius 3 is 1.20 bits per heavy atom. The Kier molecular flexibility index (Phi) is 58.3. The number of benzene rings is 7. The van der Waals surface area contributed by atoms with E-state index in [-0.39, 0.29) is 118 Å². The van der Waals surface area contributed by atoms with Gasteiger partial charge in [-0.15, -0.1) is 0 Å². The van der Waals surface area contributed by atoms with Crippen LogP contribution in [-0.2, 0) is 78.0 Å². The zero-order valence-electron chi connectivity index (χ0n) is 74.2. The van der Waals surface area contributed by atoms with Crippen LogP contribution in [0.4, 0.5) is 70.5 Å². The van der Waals surface area contributed by atoms with Crippen molar-refractivity contribution in [1.29, 1.82) is 0 Å². The average molecular weight is 2040 g/mol. The second kappa shape index (κ2) is 57.6. The first-order valence-corrected chi connectivity index (χ1v) is 40.2. The van der Waals surface area contributed by atoms with Gasteiger partial charge in [0.25, 0.3) is 11.9 Å². The molecule has 7 aromatic carbocycles. The number of halogens is 10. The van der Waals surface area contributed by atoms with E-state index in [2.05, 4.69) is 80.7 Å². The molecule has 0 aromatic heterocycles. The molecule has 0 radical (unpaired) electrons. The number of aliphatic carboxylic acids is 3. The summed E-state index contributed by atoms with van der Waals surface area (Å²) in [6.07, 6.45) is 2.35. The van der Waals surface area contributed by atoms with Gasteiger partial charge in [-0.1, -0.05) is 132 Å². The minimum Gasteiger partial charge on any atom is -0.481 e. The zero-order chi connectivity index (χ0) is 95.6. The van der Waals surface area contributed by atoms with Gasteiger partial charge in [-0.3, -0.25) is 50.0 Å². The number of nitrogens with zero attached hydrogens (tertiary/aromatic N) is 1. The molecule has 35 heteroatoms. The summed E-state index contributed by atoms with van der Waals surface area (Å²) < 4.78 is 92.9. The Hall–Kier alpha value is -9.24. The van der Waals surface area contributed by atoms with E-state index >= 15 is 0 Å². The van der Waals surface area contributed by atoms with Crippen LogP contribution in [0.1, 0.15) is 215 Å². The normalized spacial score (nSPS) is 12.9. The number of aryl methyl sites for hydroxylation is 7. The molecule has 19 N–H and O–H groups in total. The molecular formula is C91H132Br2ClF7N12O11PdS. The number of nitrogens with one attached hydrogen (secondary N) is 6. The first kappa shape index (κ1) is 128. The van der Waals surface area contributed by atoms with Gasteiger partial charge in [0.1, 0.15) is 46.3 Å². The van der Waals surface area contributed by atoms with Crippen LogP contribution in [0.5, 0.6) is 0 Å². The number of nitrogens with two attached hydrogens (primary N) is 5. The topological polar surface area (TPSA) is 412 Å². The van der Waals surface area contributed by atoms with E-state index in [4.69, 9.17) is 65.9 Å². The first-order chi connectivity index (χ1) is 55.7. The molecule has 0 saturated heterocycles. The summed E-state index contributed by atoms with van der Waals surface area (Å²) in [5, 5.41) is 41.7. The molecule has 0 fully saturated rings. The number of carbonyl (C=O) groups is 8. The molecule has 708 valence electrons. The SMILES string of the molecule is C.C.C.CC(=O)O.CC(=O)O.CC(C)(N)C(=O)O.CCC(=O)Cl.CCC(=O)N/N=C1\Cc2c(C)ccc(F)c2NC1(C)C.Cc1ccc(F)c(Br)c1N.Cc1ccc(F)c(Br)c1NC(=O)C(C)(C)C.Cc1ccc(F)c2c1CC(=O)C(C)(C)N2.Cc1ccc(F)c2c1CC(=S)C(C)(C)N2.Cc1ccc(F)cc1N.Cc1ccc(F)cc1NC(=O)C(C)(C)C.NN.[Pd]. The number of thiocarbonyl (C=S) groups is 1. The summed E-state index contributed by atoms with van der Waals surface area (Å²) in [6, 6.07) is 24.4. The van der Waals surface area contributed by atoms with Crippen molar-refractivity contribution in [3.05, 3.63) is 202 Å². The molecule has 3 amide bonds. The smallest absolute Gasteiger partial charge is 0.323 e. The predicted molar refractivity (Wildman–Crippen MR) is 508 cm³/mol. The summed E-state index contributed by atoms with van der Waals surface area (Å²) in [4.78, 5) is 85.0. The molecule has 126 heavy (non-hydrogen) atoms. The number of amides is 3. The van der Waals surface area contributed by atoms with Crippen LogP contribution in [0.2, 0.25) is 0 Å². The van der Waals surface area contributed by atoms with Gasteiger partial charge < -0.3 is 59.1 Å². The molecule has 3 heterocycles. The number of fused-ring (bicyclic) bond motifs is 3. The quantitative estimate of drug-likeness (QED) is 0.0140. The fraction of sp³-hybridized carbons (Fsp3) is 0.429. The Labute approximate surface area is 781 Å². The van der Waals surface area contributed by atoms with Gasteiger partial charge in [0, 0.05) is 93.4 Å². The van der Waals surface area contributed by atoms with E-state index < -0.39 is 45.4 Å². The van der Waals surface area contributed by atoms with Crippen molar-refractivity contribution in [3.8, 4) is 0 Å². The van der Waals surface area contributed by atoms with E-state index in [1.54, 1.807) is 70.2 Å². The second-order valence-electron chi connectivity index (χ2n) is 32.0. The van der Waals surface area contributed by atoms with Gasteiger partial charge in [0.15, 0.2) is 5.78 Å². The molecule has 0 atom stereocenters. The number of carboxylic acids is 3. The van der Waals surface area contributed by atoms with Gasteiger partial charge in [0.05, 0.1) is 59.7 Å². The molecule has 23 nitrogen and oxygen atoms in total. The molecule has 0 unspecified atom stereocenters. The van der Waals surface area contributed by atoms with Crippen molar-refractivity contribution in [3.63, 3.8) is 0 Å². The van der Waals surface area contributed by atoms with Gasteiger partial charge in [-0.05, 0) is 258 Å². The monoisotopic (exact) mass is 2030 g/mol. The van der Waals surface area contributed by atoms with E-state index in [0.717, 1.165) is 80.1 Å². The van der Waals surface area contributed by atoms with Gasteiger partial charge in [-0.25, -0.2) is 36.2 Å². The summed E-state index contributed by atoms with van der Waals surface area (Å²) in [5.74, 6) is 3.03. The van der Waals surface area contributed by atoms with Crippen LogP contribution >= 0.6 is 55.7 Å². The van der Waals surface area contributed by atoms with Crippen LogP contribution in [0.25, 0.3) is 0 Å². The number of anilines is 7. The molecule has 0 spiro atoms. The van der Waals surface area contributed by atoms with Crippen LogP contribution < -0.4 is 60.9 Å². The molecule has 0 bridgehead atoms. The van der Waals surface area contributed by atoms with Crippen LogP contribution in [0, 0.1) is 100 Å². The summed E-state index contributed by atoms with van der Waals surface area (Å²) in [5.41, 5.74) is 28.7. The number of nitrogen functional groups attached to an aromatic ring is 2. The first-order valence-electron chi connectivity index (χ1n) is 37.8. The third kappa shape index (κ3) is 45.0. The number of carbonyl (C=O) groups excluding carboxylic acids is 5.